The minimum Gasteiger partial charge on any atom is -0.490 e. The molecule has 3 rings (SSSR count). The Balaban J connectivity index is 1.69. The first-order valence-electron chi connectivity index (χ1n) is 7.80. The van der Waals surface area contributed by atoms with Crippen LogP contribution in [0.3, 0.4) is 0 Å². The lowest BCUT2D eigenvalue weighted by molar-refractivity contribution is 0.158. The van der Waals surface area contributed by atoms with Gasteiger partial charge >= 0.3 is 0 Å². The third kappa shape index (κ3) is 2.94. The number of fused-ring (bicyclic) bond motifs is 1. The van der Waals surface area contributed by atoms with Gasteiger partial charge in [0.1, 0.15) is 11.9 Å². The van der Waals surface area contributed by atoms with Crippen molar-refractivity contribution in [2.75, 3.05) is 13.6 Å². The molecule has 0 aliphatic heterocycles. The molecule has 1 N–H and O–H groups in total. The number of hydrogen-bond acceptors (Lipinski definition) is 2. The fraction of sp³-hybridized carbons (Fsp3) is 0.647. The number of benzene rings is 1. The van der Waals surface area contributed by atoms with E-state index in [1.807, 2.05) is 7.05 Å². The Labute approximate surface area is 116 Å². The van der Waals surface area contributed by atoms with Crippen LogP contribution in [0.5, 0.6) is 5.75 Å². The van der Waals surface area contributed by atoms with Crippen molar-refractivity contribution in [1.29, 1.82) is 0 Å². The fourth-order valence-corrected chi connectivity index (χ4v) is 3.61. The molecule has 0 saturated heterocycles. The molecule has 0 radical (unpaired) electrons. The van der Waals surface area contributed by atoms with Crippen molar-refractivity contribution < 1.29 is 4.74 Å². The normalized spacial score (nSPS) is 26.2. The van der Waals surface area contributed by atoms with Gasteiger partial charge in [0.15, 0.2) is 0 Å². The van der Waals surface area contributed by atoms with Gasteiger partial charge in [-0.15, -0.1) is 0 Å². The Bertz CT molecular complexity index is 429. The van der Waals surface area contributed by atoms with Gasteiger partial charge in [0, 0.05) is 12.5 Å². The number of hydrogen-bond donors (Lipinski definition) is 1. The average Bonchev–Trinajstić information content (AvgIpc) is 2.86. The first-order chi connectivity index (χ1) is 9.36. The van der Waals surface area contributed by atoms with E-state index in [2.05, 4.69) is 23.5 Å². The summed E-state index contributed by atoms with van der Waals surface area (Å²) >= 11 is 0. The molecule has 104 valence electrons. The van der Waals surface area contributed by atoms with E-state index in [0.717, 1.165) is 12.3 Å². The highest BCUT2D eigenvalue weighted by Gasteiger charge is 2.28. The molecule has 19 heavy (non-hydrogen) atoms. The Kier molecular flexibility index (Phi) is 4.07. The van der Waals surface area contributed by atoms with Crippen LogP contribution in [0.25, 0.3) is 0 Å². The predicted molar refractivity (Wildman–Crippen MR) is 78.8 cm³/mol. The second-order valence-corrected chi connectivity index (χ2v) is 6.04. The van der Waals surface area contributed by atoms with Gasteiger partial charge in [-0.3, -0.25) is 0 Å². The Hall–Kier alpha value is -1.02. The SMILES string of the molecule is CNCC1CCCC1Oc1ccc2c(c1)CCCC2. The average molecular weight is 259 g/mol. The molecule has 0 aromatic heterocycles. The van der Waals surface area contributed by atoms with Crippen molar-refractivity contribution in [2.24, 2.45) is 5.92 Å². The number of nitrogens with one attached hydrogen (secondary N) is 1. The van der Waals surface area contributed by atoms with E-state index >= 15 is 0 Å². The highest BCUT2D eigenvalue weighted by Crippen LogP contribution is 2.31. The van der Waals surface area contributed by atoms with Crippen LogP contribution in [0.1, 0.15) is 43.2 Å². The highest BCUT2D eigenvalue weighted by molar-refractivity contribution is 5.37. The van der Waals surface area contributed by atoms with Crippen molar-refractivity contribution in [3.8, 4) is 5.75 Å². The number of rotatable bonds is 4. The molecular weight excluding hydrogens is 234 g/mol. The van der Waals surface area contributed by atoms with Crippen LogP contribution in [0, 0.1) is 5.92 Å². The molecular formula is C17H25NO. The summed E-state index contributed by atoms with van der Waals surface area (Å²) < 4.78 is 6.27. The van der Waals surface area contributed by atoms with E-state index < -0.39 is 0 Å². The molecule has 2 atom stereocenters. The maximum atomic E-state index is 6.27. The number of aryl methyl sites for hydroxylation is 2. The minimum atomic E-state index is 0.411. The van der Waals surface area contributed by atoms with Crippen molar-refractivity contribution in [2.45, 2.75) is 51.0 Å². The molecule has 1 aromatic carbocycles. The molecule has 0 bridgehead atoms. The first-order valence-corrected chi connectivity index (χ1v) is 7.80. The standard InChI is InChI=1S/C17H25NO/c1-18-12-15-7-4-8-17(15)19-16-10-9-13-5-2-3-6-14(13)11-16/h9-11,15,17-18H,2-8,12H2,1H3. The van der Waals surface area contributed by atoms with Gasteiger partial charge in [0.25, 0.3) is 0 Å². The molecule has 0 heterocycles. The van der Waals surface area contributed by atoms with Crippen LogP contribution >= 0.6 is 0 Å². The highest BCUT2D eigenvalue weighted by atomic mass is 16.5. The molecule has 2 aliphatic rings. The maximum absolute atomic E-state index is 6.27. The minimum absolute atomic E-state index is 0.411. The second kappa shape index (κ2) is 5.96. The lowest BCUT2D eigenvalue weighted by Crippen LogP contribution is -2.29. The van der Waals surface area contributed by atoms with Crippen molar-refractivity contribution in [3.05, 3.63) is 29.3 Å². The molecule has 0 spiro atoms. The summed E-state index contributed by atoms with van der Waals surface area (Å²) in [6.45, 7) is 1.08. The lowest BCUT2D eigenvalue weighted by Gasteiger charge is -2.23. The van der Waals surface area contributed by atoms with Crippen molar-refractivity contribution in [3.63, 3.8) is 0 Å². The van der Waals surface area contributed by atoms with E-state index in [-0.39, 0.29) is 0 Å². The van der Waals surface area contributed by atoms with Gasteiger partial charge in [-0.25, -0.2) is 0 Å². The third-order valence-electron chi connectivity index (χ3n) is 4.66. The largest absolute Gasteiger partial charge is 0.490 e. The fourth-order valence-electron chi connectivity index (χ4n) is 3.61. The van der Waals surface area contributed by atoms with Crippen LogP contribution < -0.4 is 10.1 Å². The molecule has 2 nitrogen and oxygen atoms in total. The molecule has 1 aromatic rings. The van der Waals surface area contributed by atoms with Crippen LogP contribution in [0.4, 0.5) is 0 Å². The van der Waals surface area contributed by atoms with Gasteiger partial charge in [0.2, 0.25) is 0 Å². The lowest BCUT2D eigenvalue weighted by atomic mass is 9.92. The molecule has 2 unspecified atom stereocenters. The summed E-state index contributed by atoms with van der Waals surface area (Å²) in [4.78, 5) is 0. The van der Waals surface area contributed by atoms with Crippen molar-refractivity contribution in [1.82, 2.24) is 5.32 Å². The summed E-state index contributed by atoms with van der Waals surface area (Å²) in [5, 5.41) is 3.30. The molecule has 2 heteroatoms. The second-order valence-electron chi connectivity index (χ2n) is 6.04. The van der Waals surface area contributed by atoms with E-state index in [4.69, 9.17) is 4.74 Å². The van der Waals surface area contributed by atoms with Crippen molar-refractivity contribution >= 4 is 0 Å². The molecule has 1 fully saturated rings. The number of ether oxygens (including phenoxy) is 1. The van der Waals surface area contributed by atoms with Crippen LogP contribution in [0.15, 0.2) is 18.2 Å². The maximum Gasteiger partial charge on any atom is 0.120 e. The zero-order valence-corrected chi connectivity index (χ0v) is 12.0. The monoisotopic (exact) mass is 259 g/mol. The van der Waals surface area contributed by atoms with Crippen LogP contribution in [0.2, 0.25) is 0 Å². The zero-order chi connectivity index (χ0) is 13.1. The topological polar surface area (TPSA) is 21.3 Å². The van der Waals surface area contributed by atoms with Crippen LogP contribution in [-0.2, 0) is 12.8 Å². The summed E-state index contributed by atoms with van der Waals surface area (Å²) in [5.74, 6) is 1.77. The van der Waals surface area contributed by atoms with E-state index in [1.165, 1.54) is 56.1 Å². The van der Waals surface area contributed by atoms with Gasteiger partial charge in [-0.1, -0.05) is 6.07 Å². The summed E-state index contributed by atoms with van der Waals surface area (Å²) in [7, 11) is 2.04. The Morgan fingerprint density at radius 1 is 1.11 bits per heavy atom. The predicted octanol–water partition coefficient (Wildman–Crippen LogP) is 3.33. The van der Waals surface area contributed by atoms with E-state index in [1.54, 1.807) is 0 Å². The van der Waals surface area contributed by atoms with E-state index in [9.17, 15) is 0 Å². The smallest absolute Gasteiger partial charge is 0.120 e. The van der Waals surface area contributed by atoms with Gasteiger partial charge < -0.3 is 10.1 Å². The Morgan fingerprint density at radius 2 is 1.95 bits per heavy atom. The molecule has 2 aliphatic carbocycles. The van der Waals surface area contributed by atoms with Crippen LogP contribution in [-0.4, -0.2) is 19.7 Å². The third-order valence-corrected chi connectivity index (χ3v) is 4.66. The van der Waals surface area contributed by atoms with E-state index in [0.29, 0.717) is 12.0 Å². The van der Waals surface area contributed by atoms with Gasteiger partial charge in [-0.2, -0.15) is 0 Å². The summed E-state index contributed by atoms with van der Waals surface area (Å²) in [5.41, 5.74) is 3.06. The summed E-state index contributed by atoms with van der Waals surface area (Å²) in [6, 6.07) is 6.76. The Morgan fingerprint density at radius 3 is 2.79 bits per heavy atom. The first kappa shape index (κ1) is 13.0. The zero-order valence-electron chi connectivity index (χ0n) is 12.0. The molecule has 0 amide bonds. The quantitative estimate of drug-likeness (QED) is 0.895. The summed E-state index contributed by atoms with van der Waals surface area (Å²) in [6.07, 6.45) is 9.40. The van der Waals surface area contributed by atoms with Gasteiger partial charge in [0.05, 0.1) is 0 Å². The van der Waals surface area contributed by atoms with Gasteiger partial charge in [-0.05, 0) is 75.3 Å². The molecule has 1 saturated carbocycles.